The van der Waals surface area contributed by atoms with Crippen molar-refractivity contribution in [2.45, 2.75) is 13.1 Å². The molecule has 5 rings (SSSR count). The fraction of sp³-hybridized carbons (Fsp3) is 0.240. The topological polar surface area (TPSA) is 58.4 Å². The van der Waals surface area contributed by atoms with E-state index in [4.69, 9.17) is 0 Å². The molecular formula is C25H23FN4O2S. The normalized spacial score (nSPS) is 14.6. The maximum absolute atomic E-state index is 13.5. The van der Waals surface area contributed by atoms with Gasteiger partial charge < -0.3 is 4.90 Å². The number of rotatable bonds is 5. The van der Waals surface area contributed by atoms with E-state index in [1.807, 2.05) is 30.3 Å². The maximum atomic E-state index is 13.5. The number of piperazine rings is 1. The van der Waals surface area contributed by atoms with Gasteiger partial charge in [0, 0.05) is 47.9 Å². The molecule has 0 radical (unpaired) electrons. The quantitative estimate of drug-likeness (QED) is 0.455. The van der Waals surface area contributed by atoms with Crippen molar-refractivity contribution in [1.82, 2.24) is 19.6 Å². The number of aromatic nitrogens is 2. The zero-order valence-electron chi connectivity index (χ0n) is 18.0. The van der Waals surface area contributed by atoms with E-state index in [0.29, 0.717) is 18.5 Å². The van der Waals surface area contributed by atoms with Crippen molar-refractivity contribution in [3.8, 4) is 10.4 Å². The van der Waals surface area contributed by atoms with Crippen LogP contribution in [0.4, 0.5) is 4.39 Å². The highest BCUT2D eigenvalue weighted by atomic mass is 32.1. The number of carbonyl (C=O) groups is 1. The third-order valence-corrected chi connectivity index (χ3v) is 7.04. The predicted octanol–water partition coefficient (Wildman–Crippen LogP) is 3.61. The minimum atomic E-state index is -0.244. The molecule has 0 unspecified atom stereocenters. The minimum Gasteiger partial charge on any atom is -0.339 e. The van der Waals surface area contributed by atoms with Gasteiger partial charge >= 0.3 is 0 Å². The molecule has 2 aromatic carbocycles. The summed E-state index contributed by atoms with van der Waals surface area (Å²) in [6, 6.07) is 18.0. The molecular weight excluding hydrogens is 439 g/mol. The van der Waals surface area contributed by atoms with Gasteiger partial charge in [-0.05, 0) is 35.9 Å². The van der Waals surface area contributed by atoms with Crippen molar-refractivity contribution in [1.29, 1.82) is 0 Å². The lowest BCUT2D eigenvalue weighted by Gasteiger charge is -2.34. The highest BCUT2D eigenvalue weighted by molar-refractivity contribution is 7.15. The highest BCUT2D eigenvalue weighted by Gasteiger charge is 2.22. The summed E-state index contributed by atoms with van der Waals surface area (Å²) in [5.41, 5.74) is 0.645. The number of amides is 1. The minimum absolute atomic E-state index is 0.0500. The Morgan fingerprint density at radius 1 is 1.00 bits per heavy atom. The number of halogens is 1. The lowest BCUT2D eigenvalue weighted by Crippen LogP contribution is -2.49. The van der Waals surface area contributed by atoms with Gasteiger partial charge in [0.25, 0.3) is 5.56 Å². The summed E-state index contributed by atoms with van der Waals surface area (Å²) in [4.78, 5) is 31.8. The van der Waals surface area contributed by atoms with E-state index in [1.54, 1.807) is 40.6 Å². The molecule has 4 aromatic rings. The molecule has 168 valence electrons. The average molecular weight is 463 g/mol. The first-order chi connectivity index (χ1) is 16.1. The summed E-state index contributed by atoms with van der Waals surface area (Å²) >= 11 is 1.66. The zero-order chi connectivity index (χ0) is 22.8. The Labute approximate surface area is 194 Å². The monoisotopic (exact) mass is 462 g/mol. The van der Waals surface area contributed by atoms with E-state index < -0.39 is 0 Å². The van der Waals surface area contributed by atoms with Crippen molar-refractivity contribution >= 4 is 28.0 Å². The SMILES string of the molecule is O=C(Cn1ncc2ccccc2c1=O)N1CCN(Cc2ccc(-c3cccc(F)c3)s2)CC1. The summed E-state index contributed by atoms with van der Waals surface area (Å²) in [6.45, 7) is 3.50. The van der Waals surface area contributed by atoms with E-state index in [9.17, 15) is 14.0 Å². The number of hydrogen-bond donors (Lipinski definition) is 0. The number of benzene rings is 2. The molecule has 1 fully saturated rings. The molecule has 8 heteroatoms. The van der Waals surface area contributed by atoms with Crippen LogP contribution in [0.1, 0.15) is 4.88 Å². The van der Waals surface area contributed by atoms with E-state index >= 15 is 0 Å². The number of hydrogen-bond acceptors (Lipinski definition) is 5. The molecule has 0 N–H and O–H groups in total. The standard InChI is InChI=1S/C25H23FN4O2S/c26-20-6-3-5-18(14-20)23-9-8-21(33-23)16-28-10-12-29(13-11-28)24(31)17-30-25(32)22-7-2-1-4-19(22)15-27-30/h1-9,14-15H,10-13,16-17H2. The summed E-state index contributed by atoms with van der Waals surface area (Å²) in [5, 5.41) is 5.51. The van der Waals surface area contributed by atoms with E-state index in [2.05, 4.69) is 16.1 Å². The molecule has 6 nitrogen and oxygen atoms in total. The Balaban J connectivity index is 1.17. The first-order valence-electron chi connectivity index (χ1n) is 10.9. The molecule has 0 aliphatic carbocycles. The Kier molecular flexibility index (Phi) is 6.02. The van der Waals surface area contributed by atoms with Crippen molar-refractivity contribution in [2.24, 2.45) is 0 Å². The fourth-order valence-corrected chi connectivity index (χ4v) is 5.15. The fourth-order valence-electron chi connectivity index (χ4n) is 4.10. The Hall–Kier alpha value is -3.36. The molecule has 0 bridgehead atoms. The van der Waals surface area contributed by atoms with Crippen LogP contribution in [0.15, 0.2) is 71.7 Å². The highest BCUT2D eigenvalue weighted by Crippen LogP contribution is 2.29. The van der Waals surface area contributed by atoms with Crippen molar-refractivity contribution in [3.63, 3.8) is 0 Å². The molecule has 1 aliphatic heterocycles. The number of nitrogens with zero attached hydrogens (tertiary/aromatic N) is 4. The van der Waals surface area contributed by atoms with Crippen LogP contribution >= 0.6 is 11.3 Å². The van der Waals surface area contributed by atoms with Gasteiger partial charge in [0.15, 0.2) is 0 Å². The summed E-state index contributed by atoms with van der Waals surface area (Å²) < 4.78 is 14.8. The predicted molar refractivity (Wildman–Crippen MR) is 128 cm³/mol. The lowest BCUT2D eigenvalue weighted by molar-refractivity contribution is -0.133. The van der Waals surface area contributed by atoms with Gasteiger partial charge in [-0.3, -0.25) is 14.5 Å². The van der Waals surface area contributed by atoms with Gasteiger partial charge in [-0.15, -0.1) is 11.3 Å². The average Bonchev–Trinajstić information content (AvgIpc) is 3.30. The second-order valence-corrected chi connectivity index (χ2v) is 9.30. The molecule has 2 aromatic heterocycles. The van der Waals surface area contributed by atoms with Gasteiger partial charge in [0.1, 0.15) is 12.4 Å². The Morgan fingerprint density at radius 2 is 1.82 bits per heavy atom. The first-order valence-corrected chi connectivity index (χ1v) is 11.7. The van der Waals surface area contributed by atoms with Gasteiger partial charge in [0.2, 0.25) is 5.91 Å². The second kappa shape index (κ2) is 9.25. The van der Waals surface area contributed by atoms with Crippen molar-refractivity contribution in [3.05, 3.63) is 87.9 Å². The number of thiophene rings is 1. The van der Waals surface area contributed by atoms with E-state index in [-0.39, 0.29) is 23.8 Å². The van der Waals surface area contributed by atoms with Crippen LogP contribution < -0.4 is 5.56 Å². The summed E-state index contributed by atoms with van der Waals surface area (Å²) in [7, 11) is 0. The van der Waals surface area contributed by atoms with Crippen LogP contribution in [0.25, 0.3) is 21.2 Å². The van der Waals surface area contributed by atoms with Gasteiger partial charge in [0.05, 0.1) is 11.6 Å². The van der Waals surface area contributed by atoms with Crippen LogP contribution in [0.5, 0.6) is 0 Å². The second-order valence-electron chi connectivity index (χ2n) is 8.13. The van der Waals surface area contributed by atoms with Crippen LogP contribution in [-0.2, 0) is 17.9 Å². The molecule has 3 heterocycles. The Morgan fingerprint density at radius 3 is 2.64 bits per heavy atom. The zero-order valence-corrected chi connectivity index (χ0v) is 18.8. The first kappa shape index (κ1) is 21.5. The molecule has 1 aliphatic rings. The lowest BCUT2D eigenvalue weighted by atomic mass is 10.2. The maximum Gasteiger partial charge on any atom is 0.275 e. The van der Waals surface area contributed by atoms with Crippen LogP contribution in [0, 0.1) is 5.82 Å². The van der Waals surface area contributed by atoms with E-state index in [0.717, 1.165) is 35.5 Å². The molecule has 0 atom stereocenters. The van der Waals surface area contributed by atoms with Crippen LogP contribution in [0.3, 0.4) is 0 Å². The van der Waals surface area contributed by atoms with Crippen LogP contribution in [-0.4, -0.2) is 51.7 Å². The molecule has 1 amide bonds. The third-order valence-electron chi connectivity index (χ3n) is 5.92. The largest absolute Gasteiger partial charge is 0.339 e. The molecule has 1 saturated heterocycles. The Bertz CT molecular complexity index is 1360. The summed E-state index contributed by atoms with van der Waals surface area (Å²) in [6.07, 6.45) is 1.63. The number of carbonyl (C=O) groups excluding carboxylic acids is 1. The smallest absolute Gasteiger partial charge is 0.275 e. The number of fused-ring (bicyclic) bond motifs is 1. The van der Waals surface area contributed by atoms with Crippen LogP contribution in [0.2, 0.25) is 0 Å². The van der Waals surface area contributed by atoms with Crippen molar-refractivity contribution < 1.29 is 9.18 Å². The van der Waals surface area contributed by atoms with Gasteiger partial charge in [-0.1, -0.05) is 30.3 Å². The van der Waals surface area contributed by atoms with Gasteiger partial charge in [-0.2, -0.15) is 5.10 Å². The third kappa shape index (κ3) is 4.72. The molecule has 0 saturated carbocycles. The molecule has 33 heavy (non-hydrogen) atoms. The molecule has 0 spiro atoms. The van der Waals surface area contributed by atoms with Gasteiger partial charge in [-0.25, -0.2) is 9.07 Å². The van der Waals surface area contributed by atoms with E-state index in [1.165, 1.54) is 15.6 Å². The van der Waals surface area contributed by atoms with Crippen molar-refractivity contribution in [2.75, 3.05) is 26.2 Å². The summed E-state index contributed by atoms with van der Waals surface area (Å²) in [5.74, 6) is -0.326.